The van der Waals surface area contributed by atoms with Gasteiger partial charge in [0.2, 0.25) is 0 Å². The number of carbonyl (C=O) groups is 1. The zero-order valence-electron chi connectivity index (χ0n) is 7.88. The number of aliphatic carboxylic acids is 1. The van der Waals surface area contributed by atoms with E-state index in [4.69, 9.17) is 5.11 Å². The molecule has 0 amide bonds. The van der Waals surface area contributed by atoms with E-state index >= 15 is 0 Å². The van der Waals surface area contributed by atoms with Crippen molar-refractivity contribution in [2.45, 2.75) is 45.4 Å². The van der Waals surface area contributed by atoms with E-state index in [2.05, 4.69) is 6.92 Å². The standard InChI is InChI=1S/C10H19O2/c1-3-4-5-6-7-8-9(2)10(11)12/h9H,1,3-8H2,2H3,(H,11,12). The Morgan fingerprint density at radius 3 is 2.42 bits per heavy atom. The fourth-order valence-corrected chi connectivity index (χ4v) is 1.10. The fourth-order valence-electron chi connectivity index (χ4n) is 1.10. The first-order chi connectivity index (χ1) is 5.68. The Bertz CT molecular complexity index is 121. The number of carboxylic acids is 1. The van der Waals surface area contributed by atoms with Gasteiger partial charge in [-0.15, -0.1) is 0 Å². The van der Waals surface area contributed by atoms with Gasteiger partial charge < -0.3 is 5.11 Å². The Kier molecular flexibility index (Phi) is 6.82. The maximum absolute atomic E-state index is 10.4. The lowest BCUT2D eigenvalue weighted by molar-refractivity contribution is -0.141. The number of hydrogen-bond donors (Lipinski definition) is 1. The molecule has 2 heteroatoms. The van der Waals surface area contributed by atoms with Crippen LogP contribution < -0.4 is 0 Å². The molecule has 0 aromatic rings. The molecule has 71 valence electrons. The normalized spacial score (nSPS) is 12.8. The third-order valence-electron chi connectivity index (χ3n) is 2.06. The van der Waals surface area contributed by atoms with Crippen molar-refractivity contribution in [3.8, 4) is 0 Å². The van der Waals surface area contributed by atoms with Crippen LogP contribution >= 0.6 is 0 Å². The summed E-state index contributed by atoms with van der Waals surface area (Å²) in [6.07, 6.45) is 6.35. The summed E-state index contributed by atoms with van der Waals surface area (Å²) in [5.74, 6) is -0.850. The summed E-state index contributed by atoms with van der Waals surface area (Å²) in [6.45, 7) is 5.52. The second-order valence-corrected chi connectivity index (χ2v) is 3.30. The van der Waals surface area contributed by atoms with E-state index in [1.165, 1.54) is 12.8 Å². The Morgan fingerprint density at radius 2 is 1.92 bits per heavy atom. The van der Waals surface area contributed by atoms with Crippen molar-refractivity contribution in [1.82, 2.24) is 0 Å². The SMILES string of the molecule is [CH2]CCCCCCC(C)C(=O)O. The molecule has 0 aromatic carbocycles. The first-order valence-corrected chi connectivity index (χ1v) is 4.70. The van der Waals surface area contributed by atoms with Crippen LogP contribution in [0.5, 0.6) is 0 Å². The van der Waals surface area contributed by atoms with Crippen molar-refractivity contribution >= 4 is 5.97 Å². The Hall–Kier alpha value is -0.530. The molecule has 0 rings (SSSR count). The minimum absolute atomic E-state index is 0.176. The quantitative estimate of drug-likeness (QED) is 0.598. The van der Waals surface area contributed by atoms with Gasteiger partial charge in [0, 0.05) is 0 Å². The number of carboxylic acid groups (broad SMARTS) is 1. The average Bonchev–Trinajstić information content (AvgIpc) is 2.03. The molecular weight excluding hydrogens is 152 g/mol. The minimum atomic E-state index is -0.674. The lowest BCUT2D eigenvalue weighted by Gasteiger charge is -2.04. The van der Waals surface area contributed by atoms with E-state index in [0.717, 1.165) is 25.7 Å². The molecule has 0 fully saturated rings. The summed E-state index contributed by atoms with van der Waals surface area (Å²) in [4.78, 5) is 10.4. The highest BCUT2D eigenvalue weighted by atomic mass is 16.4. The van der Waals surface area contributed by atoms with E-state index in [9.17, 15) is 4.79 Å². The van der Waals surface area contributed by atoms with E-state index < -0.39 is 5.97 Å². The predicted octanol–water partition coefficient (Wildman–Crippen LogP) is 2.88. The van der Waals surface area contributed by atoms with Gasteiger partial charge in [-0.25, -0.2) is 0 Å². The van der Waals surface area contributed by atoms with Crippen molar-refractivity contribution < 1.29 is 9.90 Å². The Balaban J connectivity index is 3.14. The van der Waals surface area contributed by atoms with Crippen LogP contribution in [0.4, 0.5) is 0 Å². The largest absolute Gasteiger partial charge is 0.481 e. The molecular formula is C10H19O2. The van der Waals surface area contributed by atoms with Crippen LogP contribution in [0.1, 0.15) is 45.4 Å². The van der Waals surface area contributed by atoms with Crippen LogP contribution in [0.3, 0.4) is 0 Å². The topological polar surface area (TPSA) is 37.3 Å². The second-order valence-electron chi connectivity index (χ2n) is 3.30. The highest BCUT2D eigenvalue weighted by Gasteiger charge is 2.08. The van der Waals surface area contributed by atoms with Crippen LogP contribution in [-0.4, -0.2) is 11.1 Å². The summed E-state index contributed by atoms with van der Waals surface area (Å²) >= 11 is 0. The minimum Gasteiger partial charge on any atom is -0.481 e. The third kappa shape index (κ3) is 6.20. The van der Waals surface area contributed by atoms with Gasteiger partial charge in [-0.1, -0.05) is 46.0 Å². The van der Waals surface area contributed by atoms with Crippen LogP contribution in [0.25, 0.3) is 0 Å². The molecule has 0 aliphatic carbocycles. The van der Waals surface area contributed by atoms with Crippen molar-refractivity contribution in [3.63, 3.8) is 0 Å². The lowest BCUT2D eigenvalue weighted by Crippen LogP contribution is -2.08. The highest BCUT2D eigenvalue weighted by Crippen LogP contribution is 2.10. The van der Waals surface area contributed by atoms with Crippen molar-refractivity contribution in [2.24, 2.45) is 5.92 Å². The summed E-state index contributed by atoms with van der Waals surface area (Å²) in [5, 5.41) is 8.57. The first kappa shape index (κ1) is 11.5. The monoisotopic (exact) mass is 171 g/mol. The molecule has 1 atom stereocenters. The van der Waals surface area contributed by atoms with Gasteiger partial charge in [0.05, 0.1) is 5.92 Å². The molecule has 0 aromatic heterocycles. The van der Waals surface area contributed by atoms with Crippen LogP contribution in [-0.2, 0) is 4.79 Å². The van der Waals surface area contributed by atoms with Gasteiger partial charge in [0.15, 0.2) is 0 Å². The summed E-state index contributed by atoms with van der Waals surface area (Å²) < 4.78 is 0. The molecule has 0 aliphatic heterocycles. The molecule has 1 unspecified atom stereocenters. The van der Waals surface area contributed by atoms with E-state index in [1.54, 1.807) is 6.92 Å². The van der Waals surface area contributed by atoms with Gasteiger partial charge in [-0.2, -0.15) is 0 Å². The van der Waals surface area contributed by atoms with Crippen molar-refractivity contribution in [3.05, 3.63) is 6.92 Å². The van der Waals surface area contributed by atoms with Gasteiger partial charge in [0.1, 0.15) is 0 Å². The van der Waals surface area contributed by atoms with Crippen molar-refractivity contribution in [1.29, 1.82) is 0 Å². The molecule has 1 radical (unpaired) electrons. The third-order valence-corrected chi connectivity index (χ3v) is 2.06. The fraction of sp³-hybridized carbons (Fsp3) is 0.800. The van der Waals surface area contributed by atoms with Gasteiger partial charge in [-0.3, -0.25) is 4.79 Å². The molecule has 0 spiro atoms. The van der Waals surface area contributed by atoms with Gasteiger partial charge in [0.25, 0.3) is 0 Å². The summed E-state index contributed by atoms with van der Waals surface area (Å²) in [5.41, 5.74) is 0. The first-order valence-electron chi connectivity index (χ1n) is 4.70. The average molecular weight is 171 g/mol. The number of hydrogen-bond acceptors (Lipinski definition) is 1. The molecule has 0 heterocycles. The zero-order chi connectivity index (χ0) is 9.40. The Morgan fingerprint density at radius 1 is 1.33 bits per heavy atom. The number of rotatable bonds is 7. The molecule has 2 nitrogen and oxygen atoms in total. The molecule has 1 N–H and O–H groups in total. The predicted molar refractivity (Wildman–Crippen MR) is 49.9 cm³/mol. The maximum Gasteiger partial charge on any atom is 0.306 e. The zero-order valence-corrected chi connectivity index (χ0v) is 7.88. The summed E-state index contributed by atoms with van der Waals surface area (Å²) in [7, 11) is 0. The van der Waals surface area contributed by atoms with Gasteiger partial charge >= 0.3 is 5.97 Å². The van der Waals surface area contributed by atoms with E-state index in [1.807, 2.05) is 0 Å². The molecule has 0 saturated heterocycles. The molecule has 0 saturated carbocycles. The van der Waals surface area contributed by atoms with Crippen LogP contribution in [0, 0.1) is 12.8 Å². The molecule has 12 heavy (non-hydrogen) atoms. The van der Waals surface area contributed by atoms with E-state index in [-0.39, 0.29) is 5.92 Å². The number of unbranched alkanes of at least 4 members (excludes halogenated alkanes) is 4. The molecule has 0 aliphatic rings. The highest BCUT2D eigenvalue weighted by molar-refractivity contribution is 5.69. The van der Waals surface area contributed by atoms with Crippen LogP contribution in [0.2, 0.25) is 0 Å². The van der Waals surface area contributed by atoms with Gasteiger partial charge in [-0.05, 0) is 6.42 Å². The van der Waals surface area contributed by atoms with Crippen molar-refractivity contribution in [2.75, 3.05) is 0 Å². The lowest BCUT2D eigenvalue weighted by atomic mass is 10.0. The van der Waals surface area contributed by atoms with Crippen LogP contribution in [0.15, 0.2) is 0 Å². The summed E-state index contributed by atoms with van der Waals surface area (Å²) in [6, 6.07) is 0. The smallest absolute Gasteiger partial charge is 0.306 e. The Labute approximate surface area is 75.0 Å². The molecule has 0 bridgehead atoms. The van der Waals surface area contributed by atoms with E-state index in [0.29, 0.717) is 0 Å². The maximum atomic E-state index is 10.4. The second kappa shape index (κ2) is 7.14.